The molecule has 108 valence electrons. The van der Waals surface area contributed by atoms with E-state index in [0.29, 0.717) is 0 Å². The Morgan fingerprint density at radius 3 is 2.22 bits per heavy atom. The first-order valence-electron chi connectivity index (χ1n) is 5.20. The van der Waals surface area contributed by atoms with Gasteiger partial charge in [0.25, 0.3) is 0 Å². The number of rotatable bonds is 6. The maximum Gasteiger partial charge on any atom is 0.394 e. The number of esters is 1. The zero-order valence-electron chi connectivity index (χ0n) is 10.7. The molecule has 0 heterocycles. The van der Waals surface area contributed by atoms with E-state index in [1.807, 2.05) is 0 Å². The van der Waals surface area contributed by atoms with Crippen molar-refractivity contribution in [3.63, 3.8) is 0 Å². The summed E-state index contributed by atoms with van der Waals surface area (Å²) in [4.78, 5) is 11.3. The first-order valence-corrected chi connectivity index (χ1v) is 7.98. The van der Waals surface area contributed by atoms with E-state index in [1.165, 1.54) is 26.4 Å². The summed E-state index contributed by atoms with van der Waals surface area (Å²) in [5.41, 5.74) is 0. The Morgan fingerprint density at radius 2 is 1.94 bits per heavy atom. The highest BCUT2D eigenvalue weighted by Crippen LogP contribution is 2.45. The van der Waals surface area contributed by atoms with E-state index in [9.17, 15) is 22.2 Å². The Hall–Kier alpha value is -0.240. The summed E-state index contributed by atoms with van der Waals surface area (Å²) in [6, 6.07) is 0. The molecule has 0 aliphatic heterocycles. The first kappa shape index (κ1) is 17.8. The maximum absolute atomic E-state index is 13.0. The van der Waals surface area contributed by atoms with Gasteiger partial charge in [0.05, 0.1) is 23.0 Å². The van der Waals surface area contributed by atoms with Gasteiger partial charge in [-0.25, -0.2) is 0 Å². The van der Waals surface area contributed by atoms with Crippen LogP contribution in [-0.2, 0) is 20.3 Å². The highest BCUT2D eigenvalue weighted by Gasteiger charge is 2.54. The van der Waals surface area contributed by atoms with Crippen molar-refractivity contribution < 1.29 is 26.9 Å². The third-order valence-electron chi connectivity index (χ3n) is 2.68. The molecule has 0 bridgehead atoms. The van der Waals surface area contributed by atoms with Gasteiger partial charge in [-0.2, -0.15) is 13.2 Å². The van der Waals surface area contributed by atoms with Crippen molar-refractivity contribution in [2.45, 2.75) is 30.5 Å². The predicted octanol–water partition coefficient (Wildman–Crippen LogP) is 2.58. The van der Waals surface area contributed by atoms with Crippen molar-refractivity contribution in [1.82, 2.24) is 0 Å². The molecule has 0 spiro atoms. The molecule has 0 rings (SSSR count). The van der Waals surface area contributed by atoms with Crippen LogP contribution < -0.4 is 0 Å². The number of hydrogen-bond donors (Lipinski definition) is 0. The van der Waals surface area contributed by atoms with Gasteiger partial charge >= 0.3 is 12.1 Å². The van der Waals surface area contributed by atoms with Gasteiger partial charge in [0, 0.05) is 17.1 Å². The Morgan fingerprint density at radius 1 is 1.44 bits per heavy atom. The van der Waals surface area contributed by atoms with Gasteiger partial charge in [-0.1, -0.05) is 0 Å². The summed E-state index contributed by atoms with van der Waals surface area (Å²) >= 11 is 0.847. The van der Waals surface area contributed by atoms with Crippen LogP contribution in [0.1, 0.15) is 20.3 Å². The van der Waals surface area contributed by atoms with Gasteiger partial charge in [-0.3, -0.25) is 9.00 Å². The summed E-state index contributed by atoms with van der Waals surface area (Å²) in [6.07, 6.45) is -2.75. The SMILES string of the molecule is CCOC(=O)CC(C(F)(F)F)C(C)(SC)S(C)=O. The summed E-state index contributed by atoms with van der Waals surface area (Å²) < 4.78 is 53.6. The second-order valence-electron chi connectivity index (χ2n) is 3.78. The van der Waals surface area contributed by atoms with Crippen LogP contribution in [0.2, 0.25) is 0 Å². The van der Waals surface area contributed by atoms with Crippen molar-refractivity contribution in [1.29, 1.82) is 0 Å². The average Bonchev–Trinajstić information content (AvgIpc) is 2.23. The number of ether oxygens (including phenoxy) is 1. The van der Waals surface area contributed by atoms with Gasteiger partial charge < -0.3 is 4.74 Å². The fourth-order valence-corrected chi connectivity index (χ4v) is 3.50. The normalized spacial score (nSPS) is 18.8. The highest BCUT2D eigenvalue weighted by atomic mass is 32.2. The molecule has 0 saturated heterocycles. The van der Waals surface area contributed by atoms with E-state index in [4.69, 9.17) is 0 Å². The standard InChI is InChI=1S/C10H17F3O3S2/c1-5-16-8(14)6-7(10(11,12)13)9(2,17-3)18(4)15/h7H,5-6H2,1-4H3. The Labute approximate surface area is 111 Å². The zero-order valence-corrected chi connectivity index (χ0v) is 12.3. The lowest BCUT2D eigenvalue weighted by Crippen LogP contribution is -2.45. The first-order chi connectivity index (χ1) is 8.09. The summed E-state index contributed by atoms with van der Waals surface area (Å²) in [5, 5.41) is 0. The van der Waals surface area contributed by atoms with Crippen LogP contribution in [-0.4, -0.2) is 39.6 Å². The molecule has 0 N–H and O–H groups in total. The molecule has 0 aromatic carbocycles. The average molecular weight is 306 g/mol. The monoisotopic (exact) mass is 306 g/mol. The molecule has 0 amide bonds. The fourth-order valence-electron chi connectivity index (χ4n) is 1.44. The zero-order chi connectivity index (χ0) is 14.6. The molecule has 0 aromatic heterocycles. The summed E-state index contributed by atoms with van der Waals surface area (Å²) in [5.74, 6) is -2.92. The maximum atomic E-state index is 13.0. The van der Waals surface area contributed by atoms with Crippen LogP contribution >= 0.6 is 11.8 Å². The lowest BCUT2D eigenvalue weighted by atomic mass is 10.0. The number of halogens is 3. The van der Waals surface area contributed by atoms with Crippen molar-refractivity contribution in [2.75, 3.05) is 19.1 Å². The minimum atomic E-state index is -4.60. The molecule has 3 atom stereocenters. The smallest absolute Gasteiger partial charge is 0.394 e. The molecule has 0 aliphatic carbocycles. The molecule has 0 saturated carbocycles. The van der Waals surface area contributed by atoms with Crippen molar-refractivity contribution in [3.05, 3.63) is 0 Å². The number of carbonyl (C=O) groups excluding carboxylic acids is 1. The van der Waals surface area contributed by atoms with E-state index in [0.717, 1.165) is 11.8 Å². The molecular formula is C10H17F3O3S2. The molecule has 3 unspecified atom stereocenters. The lowest BCUT2D eigenvalue weighted by molar-refractivity contribution is -0.186. The van der Waals surface area contributed by atoms with Gasteiger partial charge in [0.1, 0.15) is 0 Å². The van der Waals surface area contributed by atoms with Crippen molar-refractivity contribution >= 4 is 28.5 Å². The van der Waals surface area contributed by atoms with E-state index >= 15 is 0 Å². The highest BCUT2D eigenvalue weighted by molar-refractivity contribution is 8.11. The lowest BCUT2D eigenvalue weighted by Gasteiger charge is -2.35. The van der Waals surface area contributed by atoms with Crippen molar-refractivity contribution in [3.8, 4) is 0 Å². The van der Waals surface area contributed by atoms with E-state index in [-0.39, 0.29) is 6.61 Å². The minimum Gasteiger partial charge on any atom is -0.466 e. The van der Waals surface area contributed by atoms with E-state index in [1.54, 1.807) is 0 Å². The molecule has 0 radical (unpaired) electrons. The van der Waals surface area contributed by atoms with E-state index in [2.05, 4.69) is 4.74 Å². The molecule has 18 heavy (non-hydrogen) atoms. The molecule has 8 heteroatoms. The van der Waals surface area contributed by atoms with Crippen molar-refractivity contribution in [2.24, 2.45) is 5.92 Å². The second-order valence-corrected chi connectivity index (χ2v) is 7.05. The Balaban J connectivity index is 5.24. The largest absolute Gasteiger partial charge is 0.466 e. The Kier molecular flexibility index (Phi) is 6.70. The minimum absolute atomic E-state index is 0.0224. The van der Waals surface area contributed by atoms with Crippen LogP contribution in [0.15, 0.2) is 0 Å². The molecule has 3 nitrogen and oxygen atoms in total. The van der Waals surface area contributed by atoms with Gasteiger partial charge in [0.15, 0.2) is 0 Å². The van der Waals surface area contributed by atoms with Gasteiger partial charge in [-0.15, -0.1) is 11.8 Å². The quantitative estimate of drug-likeness (QED) is 0.708. The summed E-state index contributed by atoms with van der Waals surface area (Å²) in [7, 11) is -1.73. The molecule has 0 aliphatic rings. The van der Waals surface area contributed by atoms with E-state index < -0.39 is 39.4 Å². The van der Waals surface area contributed by atoms with Crippen LogP contribution in [0, 0.1) is 5.92 Å². The molecular weight excluding hydrogens is 289 g/mol. The number of carbonyl (C=O) groups is 1. The van der Waals surface area contributed by atoms with Gasteiger partial charge in [-0.05, 0) is 20.1 Å². The topological polar surface area (TPSA) is 43.4 Å². The Bertz CT molecular complexity index is 320. The van der Waals surface area contributed by atoms with Crippen LogP contribution in [0.4, 0.5) is 13.2 Å². The van der Waals surface area contributed by atoms with Crippen LogP contribution in [0.25, 0.3) is 0 Å². The number of hydrogen-bond acceptors (Lipinski definition) is 4. The summed E-state index contributed by atoms with van der Waals surface area (Å²) in [6.45, 7) is 2.80. The third kappa shape index (κ3) is 4.46. The molecule has 0 fully saturated rings. The number of thioether (sulfide) groups is 1. The predicted molar refractivity (Wildman–Crippen MR) is 66.8 cm³/mol. The second kappa shape index (κ2) is 6.79. The molecule has 0 aromatic rings. The van der Waals surface area contributed by atoms with Crippen LogP contribution in [0.3, 0.4) is 0 Å². The van der Waals surface area contributed by atoms with Crippen LogP contribution in [0.5, 0.6) is 0 Å². The number of alkyl halides is 3. The van der Waals surface area contributed by atoms with Gasteiger partial charge in [0.2, 0.25) is 0 Å². The fraction of sp³-hybridized carbons (Fsp3) is 0.900. The third-order valence-corrected chi connectivity index (χ3v) is 6.41.